The van der Waals surface area contributed by atoms with E-state index in [1.807, 2.05) is 12.1 Å². The molecule has 2 aromatic rings. The summed E-state index contributed by atoms with van der Waals surface area (Å²) in [5.74, 6) is -0.550. The first-order valence-corrected chi connectivity index (χ1v) is 12.9. The van der Waals surface area contributed by atoms with Gasteiger partial charge in [-0.1, -0.05) is 23.7 Å². The molecule has 2 fully saturated rings. The highest BCUT2D eigenvalue weighted by Crippen LogP contribution is 2.56. The lowest BCUT2D eigenvalue weighted by Gasteiger charge is -2.33. The molecular weight excluding hydrogens is 466 g/mol. The molecule has 176 valence electrons. The van der Waals surface area contributed by atoms with E-state index in [1.165, 1.54) is 0 Å². The van der Waals surface area contributed by atoms with E-state index < -0.39 is 19.3 Å². The number of halogens is 1. The first-order chi connectivity index (χ1) is 15.7. The van der Waals surface area contributed by atoms with E-state index in [0.717, 1.165) is 5.56 Å². The van der Waals surface area contributed by atoms with E-state index in [0.29, 0.717) is 61.7 Å². The van der Waals surface area contributed by atoms with Gasteiger partial charge in [-0.25, -0.2) is 8.42 Å². The number of carbonyl (C=O) groups excluding carboxylic acids is 2. The van der Waals surface area contributed by atoms with Crippen LogP contribution in [0.3, 0.4) is 0 Å². The monoisotopic (exact) mass is 491 g/mol. The average Bonchev–Trinajstić information content (AvgIpc) is 3.72. The molecule has 2 N–H and O–H groups in total. The van der Waals surface area contributed by atoms with Crippen molar-refractivity contribution in [2.45, 2.75) is 48.3 Å². The lowest BCUT2D eigenvalue weighted by molar-refractivity contribution is 0.0698. The first kappa shape index (κ1) is 22.4. The number of benzene rings is 1. The number of carbonyl (C=O) groups is 2. The Morgan fingerprint density at radius 2 is 1.70 bits per heavy atom. The highest BCUT2D eigenvalue weighted by Gasteiger charge is 2.67. The van der Waals surface area contributed by atoms with Crippen LogP contribution in [-0.4, -0.2) is 64.0 Å². The molecule has 0 bridgehead atoms. The van der Waals surface area contributed by atoms with Crippen LogP contribution < -0.4 is 5.32 Å². The molecule has 2 amide bonds. The Bertz CT molecular complexity index is 1210. The maximum atomic E-state index is 13.2. The molecular formula is C23H26ClN3O5S. The fraction of sp³-hybridized carbons (Fsp3) is 0.478. The van der Waals surface area contributed by atoms with Gasteiger partial charge in [0, 0.05) is 31.2 Å². The topological polar surface area (TPSA) is 109 Å². The number of nitrogens with zero attached hydrogens (tertiary/aromatic N) is 2. The van der Waals surface area contributed by atoms with Crippen LogP contribution in [0.4, 0.5) is 0 Å². The van der Waals surface area contributed by atoms with E-state index in [1.54, 1.807) is 33.7 Å². The Hall–Kier alpha value is -2.36. The van der Waals surface area contributed by atoms with Crippen LogP contribution in [0.2, 0.25) is 5.02 Å². The van der Waals surface area contributed by atoms with Gasteiger partial charge in [-0.3, -0.25) is 9.59 Å². The smallest absolute Gasteiger partial charge is 0.270 e. The number of fused-ring (bicyclic) bond motifs is 1. The second-order valence-corrected chi connectivity index (χ2v) is 12.5. The minimum Gasteiger partial charge on any atom is -0.395 e. The van der Waals surface area contributed by atoms with Gasteiger partial charge in [0.15, 0.2) is 9.84 Å². The average molecular weight is 492 g/mol. The summed E-state index contributed by atoms with van der Waals surface area (Å²) < 4.78 is 26.1. The molecule has 0 saturated heterocycles. The SMILES string of the molecule is O=C(NCc1ccc(Cl)cc1)c1ccc2n1CCN(CC1(S(=O)(=O)C3(CO)CC3)CC1)C2=O. The number of rotatable bonds is 8. The molecule has 1 aromatic heterocycles. The molecule has 8 nitrogen and oxygen atoms in total. The fourth-order valence-electron chi connectivity index (χ4n) is 4.71. The number of aromatic nitrogens is 1. The second kappa shape index (κ2) is 7.85. The lowest BCUT2D eigenvalue weighted by Crippen LogP contribution is -2.50. The largest absolute Gasteiger partial charge is 0.395 e. The molecule has 33 heavy (non-hydrogen) atoms. The summed E-state index contributed by atoms with van der Waals surface area (Å²) >= 11 is 5.89. The zero-order valence-electron chi connectivity index (χ0n) is 18.1. The summed E-state index contributed by atoms with van der Waals surface area (Å²) in [5.41, 5.74) is 1.69. The zero-order chi connectivity index (χ0) is 23.4. The van der Waals surface area contributed by atoms with Gasteiger partial charge < -0.3 is 19.9 Å². The van der Waals surface area contributed by atoms with Crippen LogP contribution >= 0.6 is 11.6 Å². The molecule has 2 heterocycles. The molecule has 0 radical (unpaired) electrons. The van der Waals surface area contributed by atoms with Crippen LogP contribution in [0.1, 0.15) is 52.2 Å². The maximum absolute atomic E-state index is 13.2. The number of nitrogens with one attached hydrogen (secondary N) is 1. The molecule has 10 heteroatoms. The van der Waals surface area contributed by atoms with Gasteiger partial charge in [0.25, 0.3) is 11.8 Å². The number of aliphatic hydroxyl groups is 1. The van der Waals surface area contributed by atoms with Gasteiger partial charge >= 0.3 is 0 Å². The van der Waals surface area contributed by atoms with Crippen LogP contribution in [0.5, 0.6) is 0 Å². The van der Waals surface area contributed by atoms with Crippen molar-refractivity contribution in [2.75, 3.05) is 19.7 Å². The van der Waals surface area contributed by atoms with Gasteiger partial charge in [-0.2, -0.15) is 0 Å². The van der Waals surface area contributed by atoms with Gasteiger partial charge in [0.2, 0.25) is 0 Å². The van der Waals surface area contributed by atoms with Crippen LogP contribution in [0, 0.1) is 0 Å². The summed E-state index contributed by atoms with van der Waals surface area (Å²) in [6, 6.07) is 10.4. The van der Waals surface area contributed by atoms with Crippen LogP contribution in [-0.2, 0) is 22.9 Å². The predicted molar refractivity (Wildman–Crippen MR) is 123 cm³/mol. The minimum absolute atomic E-state index is 0.138. The van der Waals surface area contributed by atoms with E-state index in [2.05, 4.69) is 5.32 Å². The number of amides is 2. The summed E-state index contributed by atoms with van der Waals surface area (Å²) in [4.78, 5) is 27.5. The molecule has 0 spiro atoms. The molecule has 3 aliphatic rings. The lowest BCUT2D eigenvalue weighted by atomic mass is 10.2. The van der Waals surface area contributed by atoms with Crippen molar-refractivity contribution in [2.24, 2.45) is 0 Å². The standard InChI is InChI=1S/C23H26ClN3O5S/c24-17-3-1-16(2-4-17)13-25-20(29)18-5-6-19-21(30)26(11-12-27(18)19)14-22(7-8-22)33(31,32)23(15-28)9-10-23/h1-6,28H,7-15H2,(H,25,29). The van der Waals surface area contributed by atoms with Crippen LogP contribution in [0.25, 0.3) is 0 Å². The molecule has 2 saturated carbocycles. The van der Waals surface area contributed by atoms with Gasteiger partial charge in [-0.15, -0.1) is 0 Å². The molecule has 1 aromatic carbocycles. The summed E-state index contributed by atoms with van der Waals surface area (Å²) in [7, 11) is -3.53. The highest BCUT2D eigenvalue weighted by molar-refractivity contribution is 7.94. The van der Waals surface area contributed by atoms with Crippen molar-refractivity contribution in [1.29, 1.82) is 0 Å². The fourth-order valence-corrected chi connectivity index (χ4v) is 7.53. The molecule has 5 rings (SSSR count). The quantitative estimate of drug-likeness (QED) is 0.587. The van der Waals surface area contributed by atoms with Gasteiger partial charge in [-0.05, 0) is 55.5 Å². The van der Waals surface area contributed by atoms with E-state index >= 15 is 0 Å². The third-order valence-electron chi connectivity index (χ3n) is 7.20. The van der Waals surface area contributed by atoms with Crippen LogP contribution in [0.15, 0.2) is 36.4 Å². The Kier molecular flexibility index (Phi) is 5.34. The molecule has 0 unspecified atom stereocenters. The summed E-state index contributed by atoms with van der Waals surface area (Å²) in [5, 5.41) is 13.1. The van der Waals surface area contributed by atoms with E-state index in [9.17, 15) is 23.1 Å². The van der Waals surface area contributed by atoms with Gasteiger partial charge in [0.05, 0.1) is 16.1 Å². The molecule has 0 atom stereocenters. The second-order valence-electron chi connectivity index (χ2n) is 9.32. The van der Waals surface area contributed by atoms with Crippen molar-refractivity contribution in [3.05, 3.63) is 58.4 Å². The minimum atomic E-state index is -3.53. The Balaban J connectivity index is 1.28. The number of sulfone groups is 1. The van der Waals surface area contributed by atoms with Crippen molar-refractivity contribution in [1.82, 2.24) is 14.8 Å². The maximum Gasteiger partial charge on any atom is 0.270 e. The van der Waals surface area contributed by atoms with E-state index in [-0.39, 0.29) is 25.0 Å². The van der Waals surface area contributed by atoms with Crippen molar-refractivity contribution in [3.63, 3.8) is 0 Å². The Morgan fingerprint density at radius 1 is 1.03 bits per heavy atom. The number of hydrogen-bond donors (Lipinski definition) is 2. The zero-order valence-corrected chi connectivity index (χ0v) is 19.7. The van der Waals surface area contributed by atoms with E-state index in [4.69, 9.17) is 11.6 Å². The van der Waals surface area contributed by atoms with Crippen molar-refractivity contribution in [3.8, 4) is 0 Å². The Labute approximate surface area is 197 Å². The predicted octanol–water partition coefficient (Wildman–Crippen LogP) is 2.00. The van der Waals surface area contributed by atoms with Gasteiger partial charge in [0.1, 0.15) is 11.4 Å². The third-order valence-corrected chi connectivity index (χ3v) is 10.8. The van der Waals surface area contributed by atoms with Crippen molar-refractivity contribution >= 4 is 33.3 Å². The Morgan fingerprint density at radius 3 is 2.30 bits per heavy atom. The molecule has 1 aliphatic heterocycles. The van der Waals surface area contributed by atoms with Crippen molar-refractivity contribution < 1.29 is 23.1 Å². The third kappa shape index (κ3) is 3.66. The molecule has 2 aliphatic carbocycles. The normalized spacial score (nSPS) is 20.3. The number of hydrogen-bond acceptors (Lipinski definition) is 5. The highest BCUT2D eigenvalue weighted by atomic mass is 35.5. The summed E-state index contributed by atoms with van der Waals surface area (Å²) in [6.45, 7) is 0.867. The summed E-state index contributed by atoms with van der Waals surface area (Å²) in [6.07, 6.45) is 2.00. The first-order valence-electron chi connectivity index (χ1n) is 11.1. The number of aliphatic hydroxyl groups excluding tert-OH is 1.